The van der Waals surface area contributed by atoms with Crippen molar-refractivity contribution in [2.45, 2.75) is 39.7 Å². The second kappa shape index (κ2) is 7.77. The van der Waals surface area contributed by atoms with Crippen LogP contribution in [0.2, 0.25) is 0 Å². The van der Waals surface area contributed by atoms with Crippen LogP contribution in [0.25, 0.3) is 0 Å². The molecule has 0 saturated carbocycles. The Bertz CT molecular complexity index is 699. The van der Waals surface area contributed by atoms with E-state index in [2.05, 4.69) is 10.3 Å². The zero-order valence-corrected chi connectivity index (χ0v) is 14.7. The minimum absolute atomic E-state index is 0.292. The van der Waals surface area contributed by atoms with Gasteiger partial charge in [-0.3, -0.25) is 10.3 Å². The van der Waals surface area contributed by atoms with Crippen molar-refractivity contribution in [3.05, 3.63) is 65.7 Å². The van der Waals surface area contributed by atoms with Crippen LogP contribution >= 0.6 is 0 Å². The number of carbonyl (C=O) groups is 1. The number of hydrogen-bond donors (Lipinski definition) is 1. The van der Waals surface area contributed by atoms with Gasteiger partial charge in [0.25, 0.3) is 0 Å². The number of rotatable bonds is 3. The molecule has 2 aromatic rings. The first-order valence-electron chi connectivity index (χ1n) is 8.00. The van der Waals surface area contributed by atoms with E-state index in [0.29, 0.717) is 18.0 Å². The summed E-state index contributed by atoms with van der Waals surface area (Å²) < 4.78 is 5.29. The third-order valence-corrected chi connectivity index (χ3v) is 3.16. The Morgan fingerprint density at radius 1 is 1.04 bits per heavy atom. The summed E-state index contributed by atoms with van der Waals surface area (Å²) in [7, 11) is 0. The van der Waals surface area contributed by atoms with Crippen LogP contribution in [0.3, 0.4) is 0 Å². The molecule has 24 heavy (non-hydrogen) atoms. The van der Waals surface area contributed by atoms with Crippen LogP contribution in [0.5, 0.6) is 5.75 Å². The first kappa shape index (κ1) is 17.7. The molecule has 2 rings (SSSR count). The summed E-state index contributed by atoms with van der Waals surface area (Å²) in [5.74, 6) is 1.09. The van der Waals surface area contributed by atoms with E-state index in [9.17, 15) is 4.79 Å². The minimum atomic E-state index is -0.531. The predicted octanol–water partition coefficient (Wildman–Crippen LogP) is 4.52. The fraction of sp³-hybridized carbons (Fsp3) is 0.300. The van der Waals surface area contributed by atoms with Gasteiger partial charge in [0, 0.05) is 6.42 Å². The monoisotopic (exact) mass is 324 g/mol. The number of para-hydroxylation sites is 1. The largest absolute Gasteiger partial charge is 0.418 e. The average Bonchev–Trinajstić information content (AvgIpc) is 2.49. The van der Waals surface area contributed by atoms with Crippen molar-refractivity contribution in [3.8, 4) is 5.75 Å². The summed E-state index contributed by atoms with van der Waals surface area (Å²) in [6, 6.07) is 17.2. The molecule has 0 aliphatic rings. The van der Waals surface area contributed by atoms with Gasteiger partial charge in [-0.1, -0.05) is 48.0 Å². The quantitative estimate of drug-likeness (QED) is 0.666. The van der Waals surface area contributed by atoms with E-state index in [1.165, 1.54) is 5.56 Å². The third-order valence-electron chi connectivity index (χ3n) is 3.16. The Balaban J connectivity index is 2.10. The maximum Gasteiger partial charge on any atom is 0.418 e. The van der Waals surface area contributed by atoms with Gasteiger partial charge in [0.15, 0.2) is 0 Å². The van der Waals surface area contributed by atoms with Crippen molar-refractivity contribution in [3.63, 3.8) is 0 Å². The molecule has 0 aromatic heterocycles. The summed E-state index contributed by atoms with van der Waals surface area (Å²) in [6.45, 7) is 8.02. The lowest BCUT2D eigenvalue weighted by Crippen LogP contribution is -2.36. The van der Waals surface area contributed by atoms with Crippen LogP contribution in [0.4, 0.5) is 4.79 Å². The first-order valence-corrected chi connectivity index (χ1v) is 8.00. The first-order chi connectivity index (χ1) is 11.3. The number of hydrogen-bond acceptors (Lipinski definition) is 3. The fourth-order valence-corrected chi connectivity index (χ4v) is 2.15. The van der Waals surface area contributed by atoms with E-state index in [1.807, 2.05) is 70.2 Å². The number of benzene rings is 2. The average molecular weight is 324 g/mol. The molecular weight excluding hydrogens is 300 g/mol. The van der Waals surface area contributed by atoms with Gasteiger partial charge in [0.1, 0.15) is 11.6 Å². The van der Waals surface area contributed by atoms with Crippen molar-refractivity contribution in [2.24, 2.45) is 4.99 Å². The van der Waals surface area contributed by atoms with Gasteiger partial charge in [-0.25, -0.2) is 4.79 Å². The molecule has 4 heteroatoms. The summed E-state index contributed by atoms with van der Waals surface area (Å²) >= 11 is 0. The number of carbonyl (C=O) groups excluding carboxylic acids is 1. The van der Waals surface area contributed by atoms with Crippen LogP contribution in [0.1, 0.15) is 31.9 Å². The number of ether oxygens (including phenoxy) is 1. The molecule has 0 radical (unpaired) electrons. The molecule has 2 aromatic carbocycles. The molecule has 126 valence electrons. The molecule has 1 amide bonds. The molecule has 1 N–H and O–H groups in total. The van der Waals surface area contributed by atoms with Crippen molar-refractivity contribution < 1.29 is 9.53 Å². The lowest BCUT2D eigenvalue weighted by atomic mass is 10.1. The van der Waals surface area contributed by atoms with Gasteiger partial charge in [-0.05, 0) is 45.4 Å². The molecule has 0 unspecified atom stereocenters. The minimum Gasteiger partial charge on any atom is -0.410 e. The van der Waals surface area contributed by atoms with E-state index in [0.717, 1.165) is 5.56 Å². The lowest BCUT2D eigenvalue weighted by Gasteiger charge is -2.17. The zero-order valence-electron chi connectivity index (χ0n) is 14.7. The zero-order chi connectivity index (χ0) is 17.6. The molecule has 0 atom stereocenters. The molecule has 0 heterocycles. The Morgan fingerprint density at radius 3 is 2.25 bits per heavy atom. The van der Waals surface area contributed by atoms with Gasteiger partial charge < -0.3 is 4.74 Å². The highest BCUT2D eigenvalue weighted by atomic mass is 16.6. The van der Waals surface area contributed by atoms with Gasteiger partial charge in [0.2, 0.25) is 0 Å². The highest BCUT2D eigenvalue weighted by Crippen LogP contribution is 2.11. The van der Waals surface area contributed by atoms with Crippen LogP contribution in [0.15, 0.2) is 59.6 Å². The Hall–Kier alpha value is -2.62. The summed E-state index contributed by atoms with van der Waals surface area (Å²) in [4.78, 5) is 16.8. The van der Waals surface area contributed by atoms with E-state index in [-0.39, 0.29) is 5.54 Å². The van der Waals surface area contributed by atoms with E-state index < -0.39 is 6.09 Å². The molecule has 0 fully saturated rings. The molecule has 0 aliphatic carbocycles. The van der Waals surface area contributed by atoms with Gasteiger partial charge >= 0.3 is 6.09 Å². The Kier molecular flexibility index (Phi) is 5.74. The number of nitrogens with one attached hydrogen (secondary N) is 1. The van der Waals surface area contributed by atoms with Crippen LogP contribution in [-0.2, 0) is 6.42 Å². The van der Waals surface area contributed by atoms with Gasteiger partial charge in [-0.15, -0.1) is 0 Å². The SMILES string of the molecule is Cc1ccc(CC(=NC(C)(C)C)NC(=O)Oc2ccccc2)cc1. The van der Waals surface area contributed by atoms with Crippen molar-refractivity contribution in [1.82, 2.24) is 5.32 Å². The number of aliphatic imine (C=N–C) groups is 1. The highest BCUT2D eigenvalue weighted by molar-refractivity contribution is 5.97. The van der Waals surface area contributed by atoms with Crippen molar-refractivity contribution >= 4 is 11.9 Å². The number of aryl methyl sites for hydroxylation is 1. The molecule has 0 spiro atoms. The second-order valence-electron chi connectivity index (χ2n) is 6.72. The van der Waals surface area contributed by atoms with Crippen LogP contribution < -0.4 is 10.1 Å². The predicted molar refractivity (Wildman–Crippen MR) is 97.7 cm³/mol. The van der Waals surface area contributed by atoms with Crippen molar-refractivity contribution in [1.29, 1.82) is 0 Å². The standard InChI is InChI=1S/C20H24N2O2/c1-15-10-12-16(13-11-15)14-18(22-20(2,3)4)21-19(23)24-17-8-6-5-7-9-17/h5-13H,14H2,1-4H3,(H,21,22,23). The molecule has 4 nitrogen and oxygen atoms in total. The van der Waals surface area contributed by atoms with Gasteiger partial charge in [-0.2, -0.15) is 0 Å². The molecule has 0 aliphatic heterocycles. The van der Waals surface area contributed by atoms with E-state index in [4.69, 9.17) is 4.74 Å². The van der Waals surface area contributed by atoms with Crippen LogP contribution in [-0.4, -0.2) is 17.5 Å². The second-order valence-corrected chi connectivity index (χ2v) is 6.72. The normalized spacial score (nSPS) is 11.9. The number of amidine groups is 1. The Labute approximate surface area is 143 Å². The fourth-order valence-electron chi connectivity index (χ4n) is 2.15. The summed E-state index contributed by atoms with van der Waals surface area (Å²) in [5.41, 5.74) is 1.99. The topological polar surface area (TPSA) is 50.7 Å². The maximum atomic E-state index is 12.1. The van der Waals surface area contributed by atoms with E-state index >= 15 is 0 Å². The van der Waals surface area contributed by atoms with Crippen LogP contribution in [0, 0.1) is 6.92 Å². The number of amides is 1. The molecular formula is C20H24N2O2. The third kappa shape index (κ3) is 6.24. The molecule has 0 bridgehead atoms. The lowest BCUT2D eigenvalue weighted by molar-refractivity contribution is 0.206. The summed E-state index contributed by atoms with van der Waals surface area (Å²) in [5, 5.41) is 2.77. The Morgan fingerprint density at radius 2 is 1.67 bits per heavy atom. The highest BCUT2D eigenvalue weighted by Gasteiger charge is 2.14. The smallest absolute Gasteiger partial charge is 0.410 e. The summed E-state index contributed by atoms with van der Waals surface area (Å²) in [6.07, 6.45) is 0.0119. The van der Waals surface area contributed by atoms with Gasteiger partial charge in [0.05, 0.1) is 5.54 Å². The van der Waals surface area contributed by atoms with E-state index in [1.54, 1.807) is 12.1 Å². The number of nitrogens with zero attached hydrogens (tertiary/aromatic N) is 1. The van der Waals surface area contributed by atoms with Crippen molar-refractivity contribution in [2.75, 3.05) is 0 Å². The molecule has 0 saturated heterocycles. The maximum absolute atomic E-state index is 12.1.